The van der Waals surface area contributed by atoms with Crippen LogP contribution in [0.3, 0.4) is 0 Å². The van der Waals surface area contributed by atoms with Gasteiger partial charge in [-0.25, -0.2) is 0 Å². The van der Waals surface area contributed by atoms with Crippen LogP contribution in [-0.2, 0) is 4.74 Å². The van der Waals surface area contributed by atoms with Crippen molar-refractivity contribution in [1.82, 2.24) is 4.37 Å². The number of nitrogens with zero attached hydrogens (tertiary/aromatic N) is 1. The number of carbonyl (C=O) groups excluding carboxylic acids is 1. The number of carbonyl (C=O) groups is 1. The first-order valence-electron chi connectivity index (χ1n) is 5.98. The van der Waals surface area contributed by atoms with E-state index in [1.165, 1.54) is 11.5 Å². The van der Waals surface area contributed by atoms with Crippen LogP contribution in [-0.4, -0.2) is 29.5 Å². The van der Waals surface area contributed by atoms with Crippen LogP contribution >= 0.6 is 11.5 Å². The van der Waals surface area contributed by atoms with Crippen LogP contribution in [0.1, 0.15) is 30.1 Å². The molecule has 6 nitrogen and oxygen atoms in total. The summed E-state index contributed by atoms with van der Waals surface area (Å²) in [5.74, 6) is 0.194. The fraction of sp³-hybridized carbons (Fsp3) is 0.636. The lowest BCUT2D eigenvalue weighted by molar-refractivity contribution is 0.0622. The van der Waals surface area contributed by atoms with Gasteiger partial charge in [-0.15, -0.1) is 0 Å². The van der Waals surface area contributed by atoms with Crippen molar-refractivity contribution in [1.29, 1.82) is 0 Å². The maximum atomic E-state index is 11.3. The minimum atomic E-state index is -0.539. The molecule has 100 valence electrons. The van der Waals surface area contributed by atoms with Crippen molar-refractivity contribution in [2.75, 3.05) is 24.3 Å². The number of rotatable bonds is 4. The van der Waals surface area contributed by atoms with Crippen LogP contribution in [0.5, 0.6) is 0 Å². The van der Waals surface area contributed by atoms with Gasteiger partial charge >= 0.3 is 0 Å². The summed E-state index contributed by atoms with van der Waals surface area (Å²) in [7, 11) is 0. The van der Waals surface area contributed by atoms with Gasteiger partial charge in [0.05, 0.1) is 0 Å². The van der Waals surface area contributed by atoms with Crippen LogP contribution in [0, 0.1) is 5.92 Å². The number of hydrogen-bond donors (Lipinski definition) is 3. The minimum absolute atomic E-state index is 0.203. The summed E-state index contributed by atoms with van der Waals surface area (Å²) < 4.78 is 9.30. The first kappa shape index (κ1) is 13.1. The predicted molar refractivity (Wildman–Crippen MR) is 71.7 cm³/mol. The van der Waals surface area contributed by atoms with Crippen LogP contribution in [0.15, 0.2) is 0 Å². The summed E-state index contributed by atoms with van der Waals surface area (Å²) in [4.78, 5) is 11.3. The summed E-state index contributed by atoms with van der Waals surface area (Å²) in [5, 5.41) is 3.97. The quantitative estimate of drug-likeness (QED) is 0.758. The first-order chi connectivity index (χ1) is 8.59. The SMILES string of the molecule is CC(Nc1snc(N)c1C(N)=O)C1CCOCC1. The largest absolute Gasteiger partial charge is 0.382 e. The summed E-state index contributed by atoms with van der Waals surface area (Å²) in [6, 6.07) is 0.242. The Bertz CT molecular complexity index is 429. The Labute approximate surface area is 110 Å². The normalized spacial score (nSPS) is 18.5. The molecule has 5 N–H and O–H groups in total. The van der Waals surface area contributed by atoms with Crippen molar-refractivity contribution < 1.29 is 9.53 Å². The standard InChI is InChI=1S/C11H18N4O2S/c1-6(7-2-4-17-5-3-7)14-11-8(10(13)16)9(12)15-18-11/h6-7,14H,2-5H2,1H3,(H2,12,15)(H2,13,16). The summed E-state index contributed by atoms with van der Waals surface area (Å²) in [6.07, 6.45) is 2.04. The molecule has 0 radical (unpaired) electrons. The predicted octanol–water partition coefficient (Wildman–Crippen LogP) is 1.05. The van der Waals surface area contributed by atoms with E-state index in [9.17, 15) is 4.79 Å². The highest BCUT2D eigenvalue weighted by atomic mass is 32.1. The highest BCUT2D eigenvalue weighted by Gasteiger charge is 2.23. The molecule has 0 spiro atoms. The Hall–Kier alpha value is -1.34. The van der Waals surface area contributed by atoms with Gasteiger partial charge in [0.2, 0.25) is 0 Å². The average molecular weight is 270 g/mol. The smallest absolute Gasteiger partial charge is 0.255 e. The van der Waals surface area contributed by atoms with E-state index in [-0.39, 0.29) is 11.9 Å². The van der Waals surface area contributed by atoms with Crippen molar-refractivity contribution in [3.8, 4) is 0 Å². The number of hydrogen-bond acceptors (Lipinski definition) is 6. The molecule has 1 aromatic rings. The molecule has 1 aliphatic rings. The number of amides is 1. The van der Waals surface area contributed by atoms with E-state index in [1.54, 1.807) is 0 Å². The fourth-order valence-electron chi connectivity index (χ4n) is 2.18. The fourth-order valence-corrected chi connectivity index (χ4v) is 3.00. The molecule has 2 rings (SSSR count). The van der Waals surface area contributed by atoms with E-state index < -0.39 is 5.91 Å². The molecule has 1 aliphatic heterocycles. The molecule has 7 heteroatoms. The summed E-state index contributed by atoms with van der Waals surface area (Å²) in [6.45, 7) is 3.69. The monoisotopic (exact) mass is 270 g/mol. The van der Waals surface area contributed by atoms with Crippen LogP contribution in [0.4, 0.5) is 10.8 Å². The molecule has 0 aromatic carbocycles. The number of nitrogens with one attached hydrogen (secondary N) is 1. The van der Waals surface area contributed by atoms with Gasteiger partial charge in [0, 0.05) is 19.3 Å². The topological polar surface area (TPSA) is 103 Å². The number of nitrogen functional groups attached to an aromatic ring is 1. The lowest BCUT2D eigenvalue weighted by Crippen LogP contribution is -2.31. The van der Waals surface area contributed by atoms with Gasteiger partial charge < -0.3 is 21.5 Å². The van der Waals surface area contributed by atoms with E-state index in [2.05, 4.69) is 16.6 Å². The molecule has 2 heterocycles. The first-order valence-corrected chi connectivity index (χ1v) is 6.76. The van der Waals surface area contributed by atoms with Gasteiger partial charge in [-0.2, -0.15) is 4.37 Å². The van der Waals surface area contributed by atoms with Crippen LogP contribution in [0.25, 0.3) is 0 Å². The maximum absolute atomic E-state index is 11.3. The van der Waals surface area contributed by atoms with Crippen molar-refractivity contribution in [2.24, 2.45) is 11.7 Å². The zero-order valence-electron chi connectivity index (χ0n) is 10.3. The number of nitrogens with two attached hydrogens (primary N) is 2. The molecule has 1 fully saturated rings. The minimum Gasteiger partial charge on any atom is -0.382 e. The van der Waals surface area contributed by atoms with Gasteiger partial charge in [-0.1, -0.05) is 0 Å². The third-order valence-electron chi connectivity index (χ3n) is 3.30. The van der Waals surface area contributed by atoms with E-state index in [4.69, 9.17) is 16.2 Å². The molecular formula is C11H18N4O2S. The van der Waals surface area contributed by atoms with Crippen LogP contribution in [0.2, 0.25) is 0 Å². The van der Waals surface area contributed by atoms with Crippen molar-refractivity contribution >= 4 is 28.3 Å². The van der Waals surface area contributed by atoms with Gasteiger partial charge in [0.1, 0.15) is 10.6 Å². The lowest BCUT2D eigenvalue weighted by Gasteiger charge is -2.28. The maximum Gasteiger partial charge on any atom is 0.255 e. The molecule has 0 bridgehead atoms. The molecule has 0 aliphatic carbocycles. The Morgan fingerprint density at radius 2 is 2.22 bits per heavy atom. The van der Waals surface area contributed by atoms with E-state index in [1.807, 2.05) is 0 Å². The molecule has 0 saturated carbocycles. The van der Waals surface area contributed by atoms with E-state index in [0.29, 0.717) is 16.5 Å². The molecule has 1 atom stereocenters. The summed E-state index contributed by atoms with van der Waals surface area (Å²) in [5.41, 5.74) is 11.2. The number of primary amides is 1. The summed E-state index contributed by atoms with van der Waals surface area (Å²) >= 11 is 1.18. The van der Waals surface area contributed by atoms with Crippen molar-refractivity contribution in [3.05, 3.63) is 5.56 Å². The zero-order chi connectivity index (χ0) is 13.1. The number of anilines is 2. The van der Waals surface area contributed by atoms with E-state index >= 15 is 0 Å². The second kappa shape index (κ2) is 5.53. The molecule has 1 unspecified atom stereocenters. The Morgan fingerprint density at radius 1 is 1.56 bits per heavy atom. The van der Waals surface area contributed by atoms with Gasteiger partial charge in [-0.3, -0.25) is 4.79 Å². The molecule has 18 heavy (non-hydrogen) atoms. The van der Waals surface area contributed by atoms with Crippen LogP contribution < -0.4 is 16.8 Å². The number of aromatic nitrogens is 1. The average Bonchev–Trinajstić information content (AvgIpc) is 2.71. The molecule has 1 amide bonds. The third kappa shape index (κ3) is 2.73. The second-order valence-electron chi connectivity index (χ2n) is 4.52. The van der Waals surface area contributed by atoms with Gasteiger partial charge in [0.15, 0.2) is 5.82 Å². The Kier molecular flexibility index (Phi) is 4.03. The number of ether oxygens (including phenoxy) is 1. The Balaban J connectivity index is 2.06. The third-order valence-corrected chi connectivity index (χ3v) is 4.09. The Morgan fingerprint density at radius 3 is 2.83 bits per heavy atom. The highest BCUT2D eigenvalue weighted by molar-refractivity contribution is 7.11. The molecule has 1 aromatic heterocycles. The van der Waals surface area contributed by atoms with E-state index in [0.717, 1.165) is 26.1 Å². The van der Waals surface area contributed by atoms with Crippen molar-refractivity contribution in [3.63, 3.8) is 0 Å². The second-order valence-corrected chi connectivity index (χ2v) is 5.29. The highest BCUT2D eigenvalue weighted by Crippen LogP contribution is 2.29. The van der Waals surface area contributed by atoms with Gasteiger partial charge in [0.25, 0.3) is 5.91 Å². The zero-order valence-corrected chi connectivity index (χ0v) is 11.1. The van der Waals surface area contributed by atoms with Crippen molar-refractivity contribution in [2.45, 2.75) is 25.8 Å². The van der Waals surface area contributed by atoms with Gasteiger partial charge in [-0.05, 0) is 37.2 Å². The molecular weight excluding hydrogens is 252 g/mol. The molecule has 1 saturated heterocycles. The lowest BCUT2D eigenvalue weighted by atomic mass is 9.93.